The van der Waals surface area contributed by atoms with Gasteiger partial charge in [-0.3, -0.25) is 0 Å². The average molecular weight is 421 g/mol. The second-order valence-electron chi connectivity index (χ2n) is 10.4. The first-order valence-electron chi connectivity index (χ1n) is 11.3. The topological polar surface area (TPSA) is 65.5 Å². The summed E-state index contributed by atoms with van der Waals surface area (Å²) in [6, 6.07) is 0. The standard InChI is InChI=1S/C25H38O4/c1-7-14(2)21-17(10-8-9-15(3)22(27)16(4)13-26)18-11-20-24(5,28-20)12-19(18)23-25(21,6)29-23/h7-10,16-23,26-27H,11-13H2,1-6H3/b10-8+,14-7+,15-9+/t16-,17-,18-,19+,20-,21-,22-,23-,24+,25+/m0/s1/i1+1,2+1,3+1,4+1,5+1,6+1,7+1,8+1,9+1,10+1,11+1,12+1,13+1,14+1,15+1,16+1,17+1,18+1,19+1,20+1,21+1,22+1,23+1,24+1,25+1,26-3,27-3. The Labute approximate surface area is 175 Å². The lowest BCUT2D eigenvalue weighted by atomic mass is 10.5. The average Bonchev–Trinajstić information content (AvgIpc) is 3.57. The number of fused-ring (bicyclic) bond motifs is 4. The molecule has 0 spiro atoms. The van der Waals surface area contributed by atoms with Gasteiger partial charge in [0.1, 0.15) is 0 Å². The summed E-state index contributed by atoms with van der Waals surface area (Å²) >= 11 is 0. The van der Waals surface area contributed by atoms with E-state index in [9.17, 15) is 10.2 Å². The maximum absolute atomic E-state index is 10.3. The van der Waals surface area contributed by atoms with Crippen LogP contribution >= 0.6 is 0 Å². The number of aliphatic hydroxyl groups is 2. The van der Waals surface area contributed by atoms with E-state index in [1.165, 1.54) is 5.57 Å². The molecule has 0 aromatic heterocycles. The second kappa shape index (κ2) is 7.33. The van der Waals surface area contributed by atoms with Crippen molar-refractivity contribution >= 4 is 0 Å². The minimum Gasteiger partial charge on any atom is -0.396 e. The molecule has 4 aliphatic rings. The van der Waals surface area contributed by atoms with Crippen molar-refractivity contribution in [2.24, 2.45) is 29.6 Å². The summed E-state index contributed by atoms with van der Waals surface area (Å²) in [6.45, 7) is 12.7. The number of allylic oxidation sites excluding steroid dienone is 4. The molecule has 4 rings (SSSR count). The molecule has 2 heterocycles. The van der Waals surface area contributed by atoms with Crippen molar-refractivity contribution in [3.8, 4) is 0 Å². The molecule has 0 amide bonds. The van der Waals surface area contributed by atoms with Crippen molar-refractivity contribution in [3.63, 3.8) is 0 Å². The van der Waals surface area contributed by atoms with Crippen molar-refractivity contribution in [3.05, 3.63) is 35.5 Å². The molecule has 2 aliphatic heterocycles. The molecule has 2 saturated heterocycles. The lowest BCUT2D eigenvalue weighted by molar-refractivity contribution is 0.0997. The van der Waals surface area contributed by atoms with E-state index < -0.39 is 6.10 Å². The molecule has 0 radical (unpaired) electrons. The quantitative estimate of drug-likeness (QED) is 0.294. The lowest BCUT2D eigenvalue weighted by Gasteiger charge is -2.45. The van der Waals surface area contributed by atoms with Crippen LogP contribution in [0.3, 0.4) is 0 Å². The summed E-state index contributed by atoms with van der Waals surface area (Å²) < 4.78 is 12.5. The number of aliphatic hydroxyl groups excluding tert-OH is 2. The van der Waals surface area contributed by atoms with Crippen molar-refractivity contribution < 1.29 is 19.7 Å². The Bertz CT molecular complexity index is 739. The Balaban J connectivity index is 1.61. The van der Waals surface area contributed by atoms with Crippen LogP contribution in [0.5, 0.6) is 0 Å². The number of hydrogen-bond acceptors (Lipinski definition) is 4. The highest BCUT2D eigenvalue weighted by molar-refractivity contribution is 5.30. The minimum atomic E-state index is -0.610. The molecule has 0 aromatic carbocycles. The van der Waals surface area contributed by atoms with Crippen LogP contribution in [0.15, 0.2) is 35.5 Å². The fourth-order valence-corrected chi connectivity index (χ4v) is 6.39. The molecule has 29 heavy (non-hydrogen) atoms. The van der Waals surface area contributed by atoms with E-state index >= 15 is 0 Å². The maximum Gasteiger partial charge on any atom is 0.0993 e. The number of hydrogen-bond donors (Lipinski definition) is 2. The van der Waals surface area contributed by atoms with Crippen LogP contribution in [0.2, 0.25) is 0 Å². The fourth-order valence-electron chi connectivity index (χ4n) is 6.39. The van der Waals surface area contributed by atoms with Crippen LogP contribution in [0.1, 0.15) is 54.4 Å². The highest BCUT2D eigenvalue weighted by Crippen LogP contribution is 2.67. The van der Waals surface area contributed by atoms with E-state index in [2.05, 4.69) is 45.9 Å². The molecule has 4 heteroatoms. The van der Waals surface area contributed by atoms with Crippen LogP contribution in [-0.2, 0) is 9.47 Å². The largest absolute Gasteiger partial charge is 0.396 e. The molecule has 4 nitrogen and oxygen atoms in total. The Morgan fingerprint density at radius 3 is 2.59 bits per heavy atom. The van der Waals surface area contributed by atoms with Crippen LogP contribution < -0.4 is 0 Å². The second-order valence-corrected chi connectivity index (χ2v) is 10.4. The number of epoxide rings is 2. The Hall–Kier alpha value is -0.940. The minimum absolute atomic E-state index is 0.0117. The molecule has 162 valence electrons. The molecular formula is C25H38O4. The highest BCUT2D eigenvalue weighted by atomic mass is 16.9. The van der Waals surface area contributed by atoms with Gasteiger partial charge in [-0.2, -0.15) is 0 Å². The van der Waals surface area contributed by atoms with Crippen molar-refractivity contribution in [2.45, 2.75) is 83.9 Å². The van der Waals surface area contributed by atoms with E-state index in [0.717, 1.165) is 18.4 Å². The molecule has 2 saturated carbocycles. The Morgan fingerprint density at radius 2 is 1.93 bits per heavy atom. The molecule has 0 bridgehead atoms. The van der Waals surface area contributed by atoms with E-state index in [0.29, 0.717) is 35.9 Å². The third-order valence-electron chi connectivity index (χ3n) is 8.42. The van der Waals surface area contributed by atoms with Gasteiger partial charge in [0.25, 0.3) is 0 Å². The highest BCUT2D eigenvalue weighted by Gasteiger charge is 2.72. The van der Waals surface area contributed by atoms with Gasteiger partial charge in [-0.05, 0) is 70.8 Å². The van der Waals surface area contributed by atoms with Gasteiger partial charge in [0.15, 0.2) is 0 Å². The van der Waals surface area contributed by atoms with E-state index in [4.69, 9.17) is 9.47 Å². The van der Waals surface area contributed by atoms with Gasteiger partial charge >= 0.3 is 0 Å². The molecule has 4 fully saturated rings. The van der Waals surface area contributed by atoms with Crippen molar-refractivity contribution in [1.82, 2.24) is 0 Å². The monoisotopic (exact) mass is 421 g/mol. The predicted molar refractivity (Wildman–Crippen MR) is 114 cm³/mol. The van der Waals surface area contributed by atoms with Crippen molar-refractivity contribution in [1.29, 1.82) is 0 Å². The smallest absolute Gasteiger partial charge is 0.0993 e. The van der Waals surface area contributed by atoms with Gasteiger partial charge in [0.05, 0.1) is 29.5 Å². The molecule has 0 unspecified atom stereocenters. The van der Waals surface area contributed by atoms with Crippen molar-refractivity contribution in [2.75, 3.05) is 6.61 Å². The van der Waals surface area contributed by atoms with E-state index in [-0.39, 0.29) is 23.7 Å². The zero-order valence-corrected chi connectivity index (χ0v) is 18.8. The molecule has 0 aromatic rings. The summed E-state index contributed by atoms with van der Waals surface area (Å²) in [5, 5.41) is 19.6. The van der Waals surface area contributed by atoms with Gasteiger partial charge in [0.2, 0.25) is 0 Å². The lowest BCUT2D eigenvalue weighted by Crippen LogP contribution is -2.48. The van der Waals surface area contributed by atoms with E-state index in [1.54, 1.807) is 0 Å². The first-order chi connectivity index (χ1) is 13.7. The summed E-state index contributed by atoms with van der Waals surface area (Å²) in [5.41, 5.74) is 2.30. The first kappa shape index (κ1) is 21.3. The van der Waals surface area contributed by atoms with Crippen LogP contribution in [0, 0.1) is 29.6 Å². The summed E-state index contributed by atoms with van der Waals surface area (Å²) in [6.07, 6.45) is 11.1. The molecular weight excluding hydrogens is 383 g/mol. The van der Waals surface area contributed by atoms with E-state index in [1.807, 2.05) is 19.9 Å². The summed E-state index contributed by atoms with van der Waals surface area (Å²) in [7, 11) is 0. The first-order valence-corrected chi connectivity index (χ1v) is 11.3. The van der Waals surface area contributed by atoms with Crippen LogP contribution in [-0.4, -0.2) is 46.3 Å². The Kier molecular flexibility index (Phi) is 5.39. The zero-order valence-electron chi connectivity index (χ0n) is 18.8. The maximum atomic E-state index is 10.3. The predicted octanol–water partition coefficient (Wildman–Crippen LogP) is 4.03. The van der Waals surface area contributed by atoms with Crippen LogP contribution in [0.25, 0.3) is 0 Å². The summed E-state index contributed by atoms with van der Waals surface area (Å²) in [5.74, 6) is 1.77. The van der Waals surface area contributed by atoms with Gasteiger partial charge in [-0.1, -0.05) is 36.8 Å². The van der Waals surface area contributed by atoms with Gasteiger partial charge in [-0.15, -0.1) is 0 Å². The fraction of sp³-hybridized carbons (Fsp3) is 0.760. The number of rotatable bonds is 6. The number of ether oxygens (including phenoxy) is 2. The normalized spacial score (nSPS) is 48.6. The SMILES string of the molecule is [13CH3]/[13CH]=[13C](\[13CH3])[13C@H]1[13C@@H](/[13CH]=[13CH]/[13CH]=[13C](\[13CH3])[13C@H]([13OH])[13C@@H]([13CH3])[13CH2][13OH])[13C@@H]2[13CH2][13C@@H]3O[13C@]3([13CH3])[13CH2][13C@H]2[13C@@H]2O[13C@@]21[13CH3]. The molecule has 2 aliphatic carbocycles. The van der Waals surface area contributed by atoms with Gasteiger partial charge < -0.3 is 19.7 Å². The summed E-state index contributed by atoms with van der Waals surface area (Å²) in [4.78, 5) is 0. The van der Waals surface area contributed by atoms with Crippen LogP contribution in [0.4, 0.5) is 0 Å². The third kappa shape index (κ3) is 3.46. The van der Waals surface area contributed by atoms with Gasteiger partial charge in [-0.25, -0.2) is 0 Å². The third-order valence-corrected chi connectivity index (χ3v) is 8.42. The molecule has 2 N–H and O–H groups in total. The Morgan fingerprint density at radius 1 is 1.21 bits per heavy atom. The molecule has 10 atom stereocenters. The van der Waals surface area contributed by atoms with Gasteiger partial charge in [0, 0.05) is 18.4 Å². The zero-order chi connectivity index (χ0) is 21.1.